The summed E-state index contributed by atoms with van der Waals surface area (Å²) < 4.78 is 0. The maximum atomic E-state index is 11.0. The van der Waals surface area contributed by atoms with Crippen LogP contribution in [0.2, 0.25) is 0 Å². The quantitative estimate of drug-likeness (QED) is 0.744. The van der Waals surface area contributed by atoms with Crippen LogP contribution in [0.3, 0.4) is 0 Å². The molecule has 3 N–H and O–H groups in total. The van der Waals surface area contributed by atoms with E-state index in [-0.39, 0.29) is 11.9 Å². The molecule has 0 aromatic heterocycles. The molecular weight excluding hydrogens is 232 g/mol. The minimum atomic E-state index is -0.889. The summed E-state index contributed by atoms with van der Waals surface area (Å²) in [6.45, 7) is 4.92. The normalized spacial score (nSPS) is 13.7. The summed E-state index contributed by atoms with van der Waals surface area (Å²) >= 11 is 0. The van der Waals surface area contributed by atoms with Crippen LogP contribution in [0, 0.1) is 0 Å². The van der Waals surface area contributed by atoms with Crippen molar-refractivity contribution in [2.75, 3.05) is 5.32 Å². The second-order valence-electron chi connectivity index (χ2n) is 4.25. The third kappa shape index (κ3) is 4.18. The Morgan fingerprint density at radius 3 is 2.50 bits per heavy atom. The van der Waals surface area contributed by atoms with Crippen LogP contribution in [0.15, 0.2) is 24.3 Å². The molecule has 2 atom stereocenters. The first kappa shape index (κ1) is 14.2. The molecule has 0 bridgehead atoms. The van der Waals surface area contributed by atoms with Crippen LogP contribution in [-0.2, 0) is 9.59 Å². The van der Waals surface area contributed by atoms with Gasteiger partial charge in [-0.25, -0.2) is 0 Å². The number of nitrogens with one attached hydrogen (secondary N) is 2. The number of carboxylic acids is 1. The maximum absolute atomic E-state index is 11.0. The second-order valence-corrected chi connectivity index (χ2v) is 4.25. The first-order valence-corrected chi connectivity index (χ1v) is 5.76. The monoisotopic (exact) mass is 250 g/mol. The minimum absolute atomic E-state index is 0.107. The third-order valence-corrected chi connectivity index (χ3v) is 2.58. The van der Waals surface area contributed by atoms with Crippen LogP contribution in [0.25, 0.3) is 0 Å². The number of aliphatic carboxylic acids is 1. The topological polar surface area (TPSA) is 78.4 Å². The molecule has 0 fully saturated rings. The van der Waals surface area contributed by atoms with Crippen LogP contribution in [0.5, 0.6) is 0 Å². The summed E-state index contributed by atoms with van der Waals surface area (Å²) in [5.74, 6) is -1.02. The van der Waals surface area contributed by atoms with Crippen LogP contribution in [-0.4, -0.2) is 23.0 Å². The highest BCUT2D eigenvalue weighted by Gasteiger charge is 2.15. The summed E-state index contributed by atoms with van der Waals surface area (Å²) in [5.41, 5.74) is 1.63. The van der Waals surface area contributed by atoms with E-state index in [0.29, 0.717) is 5.69 Å². The summed E-state index contributed by atoms with van der Waals surface area (Å²) in [6.07, 6.45) is 0. The summed E-state index contributed by atoms with van der Waals surface area (Å²) in [7, 11) is 0. The molecule has 0 spiro atoms. The lowest BCUT2D eigenvalue weighted by Gasteiger charge is -2.18. The number of benzene rings is 1. The van der Waals surface area contributed by atoms with Crippen molar-refractivity contribution in [3.8, 4) is 0 Å². The van der Waals surface area contributed by atoms with E-state index < -0.39 is 12.0 Å². The molecule has 1 amide bonds. The Morgan fingerprint density at radius 1 is 1.28 bits per heavy atom. The molecule has 1 aromatic rings. The Hall–Kier alpha value is -1.88. The highest BCUT2D eigenvalue weighted by molar-refractivity contribution is 5.88. The van der Waals surface area contributed by atoms with Crippen molar-refractivity contribution in [3.63, 3.8) is 0 Å². The van der Waals surface area contributed by atoms with E-state index in [0.717, 1.165) is 5.56 Å². The van der Waals surface area contributed by atoms with Gasteiger partial charge < -0.3 is 10.4 Å². The van der Waals surface area contributed by atoms with Gasteiger partial charge in [-0.1, -0.05) is 12.1 Å². The SMILES string of the molecule is CC(=O)Nc1cccc(C(C)NC(C)C(=O)O)c1. The van der Waals surface area contributed by atoms with Gasteiger partial charge in [0.15, 0.2) is 0 Å². The zero-order valence-corrected chi connectivity index (χ0v) is 10.7. The van der Waals surface area contributed by atoms with Crippen LogP contribution in [0.1, 0.15) is 32.4 Å². The molecule has 0 aliphatic carbocycles. The lowest BCUT2D eigenvalue weighted by Crippen LogP contribution is -2.35. The largest absolute Gasteiger partial charge is 0.480 e. The lowest BCUT2D eigenvalue weighted by molar-refractivity contribution is -0.139. The van der Waals surface area contributed by atoms with Crippen LogP contribution < -0.4 is 10.6 Å². The van der Waals surface area contributed by atoms with E-state index in [1.165, 1.54) is 6.92 Å². The fourth-order valence-corrected chi connectivity index (χ4v) is 1.63. The van der Waals surface area contributed by atoms with Crippen molar-refractivity contribution in [2.45, 2.75) is 32.9 Å². The number of rotatable bonds is 5. The van der Waals surface area contributed by atoms with Crippen molar-refractivity contribution < 1.29 is 14.7 Å². The average Bonchev–Trinajstić information content (AvgIpc) is 2.28. The number of hydrogen-bond donors (Lipinski definition) is 3. The number of carbonyl (C=O) groups is 2. The zero-order valence-electron chi connectivity index (χ0n) is 10.7. The van der Waals surface area contributed by atoms with E-state index in [1.807, 2.05) is 25.1 Å². The molecule has 1 aromatic carbocycles. The maximum Gasteiger partial charge on any atom is 0.320 e. The Morgan fingerprint density at radius 2 is 1.94 bits per heavy atom. The Balaban J connectivity index is 2.76. The molecule has 0 aliphatic rings. The summed E-state index contributed by atoms with van der Waals surface area (Å²) in [6, 6.07) is 6.60. The van der Waals surface area contributed by atoms with Crippen molar-refractivity contribution in [3.05, 3.63) is 29.8 Å². The predicted octanol–water partition coefficient (Wildman–Crippen LogP) is 1.77. The predicted molar refractivity (Wildman–Crippen MR) is 69.4 cm³/mol. The van der Waals surface area contributed by atoms with E-state index in [1.54, 1.807) is 13.0 Å². The van der Waals surface area contributed by atoms with E-state index in [4.69, 9.17) is 5.11 Å². The first-order valence-electron chi connectivity index (χ1n) is 5.76. The molecule has 1 rings (SSSR count). The molecule has 0 aliphatic heterocycles. The van der Waals surface area contributed by atoms with E-state index in [9.17, 15) is 9.59 Å². The number of hydrogen-bond acceptors (Lipinski definition) is 3. The van der Waals surface area contributed by atoms with Crippen molar-refractivity contribution in [1.29, 1.82) is 0 Å². The molecule has 0 saturated carbocycles. The Bertz CT molecular complexity index is 446. The molecule has 5 nitrogen and oxygen atoms in total. The molecule has 98 valence electrons. The molecule has 5 heteroatoms. The van der Waals surface area contributed by atoms with Gasteiger partial charge in [0.1, 0.15) is 6.04 Å². The molecular formula is C13H18N2O3. The fraction of sp³-hybridized carbons (Fsp3) is 0.385. The smallest absolute Gasteiger partial charge is 0.320 e. The minimum Gasteiger partial charge on any atom is -0.480 e. The van der Waals surface area contributed by atoms with Gasteiger partial charge in [0, 0.05) is 18.7 Å². The average molecular weight is 250 g/mol. The number of carboxylic acid groups (broad SMARTS) is 1. The van der Waals surface area contributed by atoms with E-state index in [2.05, 4.69) is 10.6 Å². The van der Waals surface area contributed by atoms with Gasteiger partial charge in [-0.05, 0) is 31.5 Å². The van der Waals surface area contributed by atoms with Gasteiger partial charge in [0.05, 0.1) is 0 Å². The van der Waals surface area contributed by atoms with Crippen LogP contribution >= 0.6 is 0 Å². The number of carbonyl (C=O) groups excluding carboxylic acids is 1. The number of amides is 1. The van der Waals surface area contributed by atoms with Gasteiger partial charge in [-0.2, -0.15) is 0 Å². The molecule has 18 heavy (non-hydrogen) atoms. The standard InChI is InChI=1S/C13H18N2O3/c1-8(14-9(2)13(17)18)11-5-4-6-12(7-11)15-10(3)16/h4-9,14H,1-3H3,(H,15,16)(H,17,18). The van der Waals surface area contributed by atoms with Gasteiger partial charge in [0.25, 0.3) is 0 Å². The molecule has 0 radical (unpaired) electrons. The van der Waals surface area contributed by atoms with Crippen molar-refractivity contribution in [1.82, 2.24) is 5.32 Å². The van der Waals surface area contributed by atoms with E-state index >= 15 is 0 Å². The number of anilines is 1. The van der Waals surface area contributed by atoms with Gasteiger partial charge >= 0.3 is 5.97 Å². The second kappa shape index (κ2) is 6.16. The Kier molecular flexibility index (Phi) is 4.85. The summed E-state index contributed by atoms with van der Waals surface area (Å²) in [5, 5.41) is 14.5. The first-order chi connectivity index (χ1) is 8.40. The molecule has 0 heterocycles. The third-order valence-electron chi connectivity index (χ3n) is 2.58. The highest BCUT2D eigenvalue weighted by atomic mass is 16.4. The lowest BCUT2D eigenvalue weighted by atomic mass is 10.1. The summed E-state index contributed by atoms with van der Waals surface area (Å²) in [4.78, 5) is 21.7. The zero-order chi connectivity index (χ0) is 13.7. The molecule has 2 unspecified atom stereocenters. The van der Waals surface area contributed by atoms with Gasteiger partial charge in [0.2, 0.25) is 5.91 Å². The van der Waals surface area contributed by atoms with Gasteiger partial charge in [-0.3, -0.25) is 14.9 Å². The van der Waals surface area contributed by atoms with Crippen molar-refractivity contribution >= 4 is 17.6 Å². The fourth-order valence-electron chi connectivity index (χ4n) is 1.63. The molecule has 0 saturated heterocycles. The van der Waals surface area contributed by atoms with Gasteiger partial charge in [-0.15, -0.1) is 0 Å². The van der Waals surface area contributed by atoms with Crippen molar-refractivity contribution in [2.24, 2.45) is 0 Å². The highest BCUT2D eigenvalue weighted by Crippen LogP contribution is 2.17. The Labute approximate surface area is 106 Å². The van der Waals surface area contributed by atoms with Crippen LogP contribution in [0.4, 0.5) is 5.69 Å².